The highest BCUT2D eigenvalue weighted by Gasteiger charge is 2.25. The van der Waals surface area contributed by atoms with Crippen LogP contribution in [0.2, 0.25) is 5.02 Å². The van der Waals surface area contributed by atoms with Crippen molar-refractivity contribution in [1.29, 1.82) is 0 Å². The Kier molecular flexibility index (Phi) is 8.62. The van der Waals surface area contributed by atoms with Crippen LogP contribution in [0, 0.1) is 0 Å². The van der Waals surface area contributed by atoms with Gasteiger partial charge in [-0.2, -0.15) is 16.5 Å². The molecule has 28 heavy (non-hydrogen) atoms. The molecule has 1 unspecified atom stereocenters. The number of sulfonamides is 1. The van der Waals surface area contributed by atoms with Gasteiger partial charge in [0, 0.05) is 17.1 Å². The van der Waals surface area contributed by atoms with Crippen LogP contribution in [0.1, 0.15) is 12.0 Å². The molecule has 152 valence electrons. The highest BCUT2D eigenvalue weighted by molar-refractivity contribution is 7.98. The molecule has 0 radical (unpaired) electrons. The third-order valence-electron chi connectivity index (χ3n) is 3.99. The Hall–Kier alpha value is -1.74. The fourth-order valence-electron chi connectivity index (χ4n) is 2.50. The second-order valence-corrected chi connectivity index (χ2v) is 9.07. The number of halogens is 1. The molecule has 9 heteroatoms. The Morgan fingerprint density at radius 1 is 1.18 bits per heavy atom. The largest absolute Gasteiger partial charge is 0.496 e. The summed E-state index contributed by atoms with van der Waals surface area (Å²) in [4.78, 5) is 12.7. The Morgan fingerprint density at radius 3 is 2.50 bits per heavy atom. The van der Waals surface area contributed by atoms with E-state index in [9.17, 15) is 13.2 Å². The minimum Gasteiger partial charge on any atom is -0.496 e. The standard InChI is InChI=1S/C19H23ClN2O4S2/c1-26-18-6-4-3-5-14(18)13-21-19(23)17(11-12-27-2)22-28(24,25)16-9-7-15(20)8-10-16/h3-10,17,22H,11-13H2,1-2H3,(H,21,23). The summed E-state index contributed by atoms with van der Waals surface area (Å²) in [6.45, 7) is 0.237. The summed E-state index contributed by atoms with van der Waals surface area (Å²) < 4.78 is 33.0. The van der Waals surface area contributed by atoms with Crippen LogP contribution in [-0.4, -0.2) is 39.5 Å². The van der Waals surface area contributed by atoms with Crippen LogP contribution in [0.25, 0.3) is 0 Å². The van der Waals surface area contributed by atoms with E-state index in [1.807, 2.05) is 24.5 Å². The summed E-state index contributed by atoms with van der Waals surface area (Å²) in [5.74, 6) is 0.901. The van der Waals surface area contributed by atoms with Crippen LogP contribution in [0.4, 0.5) is 0 Å². The quantitative estimate of drug-likeness (QED) is 0.590. The average Bonchev–Trinajstić information content (AvgIpc) is 2.69. The highest BCUT2D eigenvalue weighted by atomic mass is 35.5. The Labute approximate surface area is 175 Å². The fraction of sp³-hybridized carbons (Fsp3) is 0.316. The van der Waals surface area contributed by atoms with Crippen molar-refractivity contribution in [2.75, 3.05) is 19.1 Å². The lowest BCUT2D eigenvalue weighted by atomic mass is 10.2. The zero-order valence-electron chi connectivity index (χ0n) is 15.6. The smallest absolute Gasteiger partial charge is 0.241 e. The van der Waals surface area contributed by atoms with E-state index in [1.165, 1.54) is 36.0 Å². The second-order valence-electron chi connectivity index (χ2n) is 5.94. The van der Waals surface area contributed by atoms with Gasteiger partial charge in [0.1, 0.15) is 11.8 Å². The van der Waals surface area contributed by atoms with Crippen molar-refractivity contribution < 1.29 is 17.9 Å². The predicted octanol–water partition coefficient (Wildman–Crippen LogP) is 3.07. The van der Waals surface area contributed by atoms with Gasteiger partial charge >= 0.3 is 0 Å². The second kappa shape index (κ2) is 10.7. The molecular weight excluding hydrogens is 420 g/mol. The first kappa shape index (κ1) is 22.5. The molecule has 0 aliphatic carbocycles. The first-order valence-electron chi connectivity index (χ1n) is 8.54. The van der Waals surface area contributed by atoms with E-state index in [0.717, 1.165) is 5.56 Å². The van der Waals surface area contributed by atoms with Crippen LogP contribution < -0.4 is 14.8 Å². The van der Waals surface area contributed by atoms with Gasteiger partial charge in [0.05, 0.1) is 12.0 Å². The summed E-state index contributed by atoms with van der Waals surface area (Å²) in [6, 6.07) is 12.2. The summed E-state index contributed by atoms with van der Waals surface area (Å²) >= 11 is 7.36. The first-order chi connectivity index (χ1) is 13.4. The molecule has 0 bridgehead atoms. The fourth-order valence-corrected chi connectivity index (χ4v) is 4.33. The first-order valence-corrected chi connectivity index (χ1v) is 11.8. The van der Waals surface area contributed by atoms with Crippen molar-refractivity contribution in [2.45, 2.75) is 23.9 Å². The van der Waals surface area contributed by atoms with Crippen molar-refractivity contribution in [1.82, 2.24) is 10.0 Å². The van der Waals surface area contributed by atoms with Crippen molar-refractivity contribution in [3.63, 3.8) is 0 Å². The lowest BCUT2D eigenvalue weighted by molar-refractivity contribution is -0.122. The summed E-state index contributed by atoms with van der Waals surface area (Å²) in [6.07, 6.45) is 2.27. The molecule has 2 aromatic rings. The monoisotopic (exact) mass is 442 g/mol. The molecule has 2 rings (SSSR count). The summed E-state index contributed by atoms with van der Waals surface area (Å²) in [5.41, 5.74) is 0.808. The topological polar surface area (TPSA) is 84.5 Å². The van der Waals surface area contributed by atoms with E-state index in [2.05, 4.69) is 10.0 Å². The van der Waals surface area contributed by atoms with Gasteiger partial charge in [-0.05, 0) is 48.8 Å². The minimum atomic E-state index is -3.85. The third-order valence-corrected chi connectivity index (χ3v) is 6.38. The van der Waals surface area contributed by atoms with E-state index >= 15 is 0 Å². The maximum Gasteiger partial charge on any atom is 0.241 e. The number of methoxy groups -OCH3 is 1. The number of benzene rings is 2. The van der Waals surface area contributed by atoms with Gasteiger partial charge in [-0.1, -0.05) is 29.8 Å². The van der Waals surface area contributed by atoms with Gasteiger partial charge in [0.25, 0.3) is 0 Å². The van der Waals surface area contributed by atoms with Crippen LogP contribution in [0.5, 0.6) is 5.75 Å². The zero-order valence-corrected chi connectivity index (χ0v) is 18.0. The van der Waals surface area contributed by atoms with Crippen LogP contribution in [-0.2, 0) is 21.4 Å². The number of carbonyl (C=O) groups is 1. The molecule has 0 fully saturated rings. The van der Waals surface area contributed by atoms with Gasteiger partial charge in [-0.25, -0.2) is 8.42 Å². The maximum absolute atomic E-state index is 12.7. The van der Waals surface area contributed by atoms with Gasteiger partial charge in [-0.15, -0.1) is 0 Å². The number of hydrogen-bond acceptors (Lipinski definition) is 5. The molecule has 0 heterocycles. The molecule has 1 atom stereocenters. The normalized spacial score (nSPS) is 12.4. The number of amides is 1. The third kappa shape index (κ3) is 6.41. The Balaban J connectivity index is 2.11. The molecule has 0 saturated heterocycles. The SMILES string of the molecule is COc1ccccc1CNC(=O)C(CCSC)NS(=O)(=O)c1ccc(Cl)cc1. The van der Waals surface area contributed by atoms with Crippen LogP contribution >= 0.6 is 23.4 Å². The lowest BCUT2D eigenvalue weighted by Gasteiger charge is -2.19. The van der Waals surface area contributed by atoms with E-state index < -0.39 is 22.0 Å². The number of ether oxygens (including phenoxy) is 1. The zero-order chi connectivity index (χ0) is 20.6. The summed E-state index contributed by atoms with van der Waals surface area (Å²) in [5, 5.41) is 3.23. The van der Waals surface area contributed by atoms with Gasteiger partial charge in [0.2, 0.25) is 15.9 Å². The molecule has 1 amide bonds. The molecule has 2 aromatic carbocycles. The minimum absolute atomic E-state index is 0.0589. The maximum atomic E-state index is 12.7. The molecule has 0 saturated carbocycles. The number of nitrogens with one attached hydrogen (secondary N) is 2. The van der Waals surface area contributed by atoms with Gasteiger partial charge in [-0.3, -0.25) is 4.79 Å². The van der Waals surface area contributed by atoms with Crippen molar-refractivity contribution >= 4 is 39.3 Å². The van der Waals surface area contributed by atoms with Crippen molar-refractivity contribution in [3.8, 4) is 5.75 Å². The number of para-hydroxylation sites is 1. The lowest BCUT2D eigenvalue weighted by Crippen LogP contribution is -2.46. The number of hydrogen-bond donors (Lipinski definition) is 2. The molecule has 0 aliphatic heterocycles. The molecule has 6 nitrogen and oxygen atoms in total. The van der Waals surface area contributed by atoms with E-state index in [1.54, 1.807) is 13.2 Å². The van der Waals surface area contributed by atoms with Gasteiger partial charge in [0.15, 0.2) is 0 Å². The van der Waals surface area contributed by atoms with Gasteiger partial charge < -0.3 is 10.1 Å². The number of rotatable bonds is 10. The van der Waals surface area contributed by atoms with Crippen molar-refractivity contribution in [3.05, 3.63) is 59.1 Å². The highest BCUT2D eigenvalue weighted by Crippen LogP contribution is 2.18. The number of carbonyl (C=O) groups excluding carboxylic acids is 1. The van der Waals surface area contributed by atoms with E-state index in [4.69, 9.17) is 16.3 Å². The average molecular weight is 443 g/mol. The molecule has 2 N–H and O–H groups in total. The van der Waals surface area contributed by atoms with E-state index in [-0.39, 0.29) is 11.4 Å². The van der Waals surface area contributed by atoms with Crippen molar-refractivity contribution in [2.24, 2.45) is 0 Å². The number of thioether (sulfide) groups is 1. The molecule has 0 aromatic heterocycles. The Morgan fingerprint density at radius 2 is 1.86 bits per heavy atom. The molecular formula is C19H23ClN2O4S2. The molecule has 0 spiro atoms. The molecule has 0 aliphatic rings. The Bertz CT molecular complexity index is 889. The summed E-state index contributed by atoms with van der Waals surface area (Å²) in [7, 11) is -2.29. The van der Waals surface area contributed by atoms with E-state index in [0.29, 0.717) is 22.9 Å². The van der Waals surface area contributed by atoms with Crippen LogP contribution in [0.3, 0.4) is 0 Å². The predicted molar refractivity (Wildman–Crippen MR) is 113 cm³/mol. The van der Waals surface area contributed by atoms with Crippen LogP contribution in [0.15, 0.2) is 53.4 Å².